The van der Waals surface area contributed by atoms with E-state index in [2.05, 4.69) is 10.6 Å². The van der Waals surface area contributed by atoms with Gasteiger partial charge in [0.15, 0.2) is 0 Å². The van der Waals surface area contributed by atoms with Crippen LogP contribution in [0.3, 0.4) is 0 Å². The van der Waals surface area contributed by atoms with E-state index < -0.39 is 11.8 Å². The fourth-order valence-corrected chi connectivity index (χ4v) is 3.13. The van der Waals surface area contributed by atoms with E-state index in [0.717, 1.165) is 10.8 Å². The Labute approximate surface area is 179 Å². The smallest absolute Gasteiger partial charge is 0.272 e. The predicted molar refractivity (Wildman–Crippen MR) is 121 cm³/mol. The molecule has 0 radical (unpaired) electrons. The first-order valence-corrected chi connectivity index (χ1v) is 9.72. The fourth-order valence-electron chi connectivity index (χ4n) is 3.13. The third kappa shape index (κ3) is 5.03. The molecule has 0 atom stereocenters. The summed E-state index contributed by atoms with van der Waals surface area (Å²) < 4.78 is 13.3. The van der Waals surface area contributed by atoms with Crippen LogP contribution < -0.4 is 10.6 Å². The van der Waals surface area contributed by atoms with Gasteiger partial charge in [-0.05, 0) is 58.8 Å². The third-order valence-electron chi connectivity index (χ3n) is 4.72. The minimum Gasteiger partial charge on any atom is -0.321 e. The lowest BCUT2D eigenvalue weighted by Crippen LogP contribution is -2.30. The van der Waals surface area contributed by atoms with E-state index in [1.807, 2.05) is 36.4 Å². The lowest BCUT2D eigenvalue weighted by molar-refractivity contribution is -0.113. The number of hydrogen-bond acceptors (Lipinski definition) is 2. The average Bonchev–Trinajstić information content (AvgIpc) is 2.80. The maximum Gasteiger partial charge on any atom is 0.272 e. The number of nitrogens with one attached hydrogen (secondary N) is 2. The molecule has 0 saturated carbocycles. The van der Waals surface area contributed by atoms with Gasteiger partial charge in [-0.15, -0.1) is 0 Å². The molecule has 0 fully saturated rings. The Morgan fingerprint density at radius 2 is 1.42 bits per heavy atom. The molecule has 4 rings (SSSR count). The van der Waals surface area contributed by atoms with Crippen LogP contribution in [0.25, 0.3) is 16.8 Å². The van der Waals surface area contributed by atoms with Gasteiger partial charge in [0, 0.05) is 11.3 Å². The number of carbonyl (C=O) groups is 2. The van der Waals surface area contributed by atoms with Gasteiger partial charge in [0.25, 0.3) is 11.8 Å². The molecule has 4 nitrogen and oxygen atoms in total. The first kappa shape index (κ1) is 20.0. The SMILES string of the molecule is O=C(Nc1ccc2ccccc2c1)C(=Cc1ccc(F)cc1)NC(=O)c1ccccc1. The first-order valence-electron chi connectivity index (χ1n) is 9.72. The zero-order valence-electron chi connectivity index (χ0n) is 16.5. The van der Waals surface area contributed by atoms with Crippen molar-refractivity contribution in [1.29, 1.82) is 0 Å². The van der Waals surface area contributed by atoms with Gasteiger partial charge in [-0.3, -0.25) is 9.59 Å². The molecule has 4 aromatic carbocycles. The summed E-state index contributed by atoms with van der Waals surface area (Å²) in [7, 11) is 0. The molecule has 0 aliphatic heterocycles. The molecule has 2 amide bonds. The third-order valence-corrected chi connectivity index (χ3v) is 4.72. The summed E-state index contributed by atoms with van der Waals surface area (Å²) in [6.45, 7) is 0. The summed E-state index contributed by atoms with van der Waals surface area (Å²) in [5.74, 6) is -1.28. The maximum absolute atomic E-state index is 13.3. The second-order valence-electron chi connectivity index (χ2n) is 6.95. The Kier molecular flexibility index (Phi) is 5.85. The molecule has 0 unspecified atom stereocenters. The highest BCUT2D eigenvalue weighted by Crippen LogP contribution is 2.19. The predicted octanol–water partition coefficient (Wildman–Crippen LogP) is 5.39. The molecule has 0 aliphatic rings. The zero-order valence-corrected chi connectivity index (χ0v) is 16.5. The summed E-state index contributed by atoms with van der Waals surface area (Å²) in [4.78, 5) is 25.7. The van der Waals surface area contributed by atoms with Crippen molar-refractivity contribution in [3.8, 4) is 0 Å². The Hall–Kier alpha value is -4.25. The van der Waals surface area contributed by atoms with Crippen LogP contribution in [0, 0.1) is 5.82 Å². The molecule has 5 heteroatoms. The van der Waals surface area contributed by atoms with E-state index in [-0.39, 0.29) is 11.5 Å². The minimum atomic E-state index is -0.483. The van der Waals surface area contributed by atoms with Crippen molar-refractivity contribution >= 4 is 34.4 Å². The van der Waals surface area contributed by atoms with Crippen LogP contribution in [0.5, 0.6) is 0 Å². The van der Waals surface area contributed by atoms with Crippen molar-refractivity contribution < 1.29 is 14.0 Å². The second-order valence-corrected chi connectivity index (χ2v) is 6.95. The summed E-state index contributed by atoms with van der Waals surface area (Å²) in [5, 5.41) is 7.54. The number of halogens is 1. The Balaban J connectivity index is 1.62. The average molecular weight is 410 g/mol. The van der Waals surface area contributed by atoms with Crippen molar-refractivity contribution in [2.75, 3.05) is 5.32 Å². The van der Waals surface area contributed by atoms with Crippen LogP contribution in [-0.2, 0) is 4.79 Å². The monoisotopic (exact) mass is 410 g/mol. The van der Waals surface area contributed by atoms with E-state index in [0.29, 0.717) is 16.8 Å². The van der Waals surface area contributed by atoms with E-state index >= 15 is 0 Å². The van der Waals surface area contributed by atoms with Crippen LogP contribution in [0.1, 0.15) is 15.9 Å². The van der Waals surface area contributed by atoms with E-state index in [9.17, 15) is 14.0 Å². The van der Waals surface area contributed by atoms with Crippen LogP contribution in [-0.4, -0.2) is 11.8 Å². The molecule has 31 heavy (non-hydrogen) atoms. The molecule has 0 bridgehead atoms. The number of amides is 2. The van der Waals surface area contributed by atoms with Gasteiger partial charge in [0.05, 0.1) is 0 Å². The summed E-state index contributed by atoms with van der Waals surface area (Å²) in [6, 6.07) is 27.7. The van der Waals surface area contributed by atoms with Gasteiger partial charge in [-0.25, -0.2) is 4.39 Å². The van der Waals surface area contributed by atoms with Gasteiger partial charge in [0.1, 0.15) is 11.5 Å². The molecular weight excluding hydrogens is 391 g/mol. The quantitative estimate of drug-likeness (QED) is 0.434. The molecule has 0 heterocycles. The summed E-state index contributed by atoms with van der Waals surface area (Å²) in [6.07, 6.45) is 1.51. The van der Waals surface area contributed by atoms with Gasteiger partial charge in [-0.1, -0.05) is 60.7 Å². The van der Waals surface area contributed by atoms with Gasteiger partial charge in [0.2, 0.25) is 0 Å². The standard InChI is InChI=1S/C26H19FN2O2/c27-22-13-10-18(11-14-22)16-24(29-25(30)20-7-2-1-3-8-20)26(31)28-23-15-12-19-6-4-5-9-21(19)17-23/h1-17H,(H,28,31)(H,29,30). The number of fused-ring (bicyclic) bond motifs is 1. The maximum atomic E-state index is 13.3. The highest BCUT2D eigenvalue weighted by molar-refractivity contribution is 6.11. The van der Waals surface area contributed by atoms with Gasteiger partial charge < -0.3 is 10.6 Å². The van der Waals surface area contributed by atoms with Gasteiger partial charge >= 0.3 is 0 Å². The van der Waals surface area contributed by atoms with E-state index in [1.165, 1.54) is 30.3 Å². The van der Waals surface area contributed by atoms with Crippen molar-refractivity contribution in [2.45, 2.75) is 0 Å². The van der Waals surface area contributed by atoms with Crippen molar-refractivity contribution in [3.63, 3.8) is 0 Å². The number of anilines is 1. The largest absolute Gasteiger partial charge is 0.321 e. The Morgan fingerprint density at radius 1 is 0.742 bits per heavy atom. The molecule has 4 aromatic rings. The van der Waals surface area contributed by atoms with Crippen LogP contribution in [0.15, 0.2) is 103 Å². The zero-order chi connectivity index (χ0) is 21.6. The molecule has 2 N–H and O–H groups in total. The van der Waals surface area contributed by atoms with Crippen molar-refractivity contribution in [3.05, 3.63) is 120 Å². The van der Waals surface area contributed by atoms with Gasteiger partial charge in [-0.2, -0.15) is 0 Å². The molecule has 0 aliphatic carbocycles. The second kappa shape index (κ2) is 9.05. The molecule has 0 aromatic heterocycles. The van der Waals surface area contributed by atoms with Crippen molar-refractivity contribution in [2.24, 2.45) is 0 Å². The highest BCUT2D eigenvalue weighted by atomic mass is 19.1. The van der Waals surface area contributed by atoms with Crippen LogP contribution in [0.2, 0.25) is 0 Å². The number of hydrogen-bond donors (Lipinski definition) is 2. The van der Waals surface area contributed by atoms with E-state index in [1.54, 1.807) is 36.4 Å². The van der Waals surface area contributed by atoms with E-state index in [4.69, 9.17) is 0 Å². The summed E-state index contributed by atoms with van der Waals surface area (Å²) in [5.41, 5.74) is 1.65. The number of rotatable bonds is 5. The number of carbonyl (C=O) groups excluding carboxylic acids is 2. The Morgan fingerprint density at radius 3 is 2.16 bits per heavy atom. The van der Waals surface area contributed by atoms with Crippen molar-refractivity contribution in [1.82, 2.24) is 5.32 Å². The summed E-state index contributed by atoms with van der Waals surface area (Å²) >= 11 is 0. The molecule has 152 valence electrons. The van der Waals surface area contributed by atoms with Crippen LogP contribution in [0.4, 0.5) is 10.1 Å². The first-order chi connectivity index (χ1) is 15.1. The lowest BCUT2D eigenvalue weighted by Gasteiger charge is -2.12. The lowest BCUT2D eigenvalue weighted by atomic mass is 10.1. The normalized spacial score (nSPS) is 11.2. The molecular formula is C26H19FN2O2. The minimum absolute atomic E-state index is 0.0496. The van der Waals surface area contributed by atoms with Crippen LogP contribution >= 0.6 is 0 Å². The Bertz CT molecular complexity index is 1270. The fraction of sp³-hybridized carbons (Fsp3) is 0. The molecule has 0 saturated heterocycles. The topological polar surface area (TPSA) is 58.2 Å². The highest BCUT2D eigenvalue weighted by Gasteiger charge is 2.15. The number of benzene rings is 4. The molecule has 0 spiro atoms.